The van der Waals surface area contributed by atoms with Gasteiger partial charge in [-0.05, 0) is 42.3 Å². The van der Waals surface area contributed by atoms with Crippen LogP contribution in [-0.4, -0.2) is 46.1 Å². The molecular formula is C20H20N4O3. The van der Waals surface area contributed by atoms with Gasteiger partial charge < -0.3 is 14.2 Å². The third kappa shape index (κ3) is 3.40. The number of methoxy groups -OCH3 is 1. The number of rotatable bonds is 4. The summed E-state index contributed by atoms with van der Waals surface area (Å²) in [5.74, 6) is 2.06. The predicted molar refractivity (Wildman–Crippen MR) is 98.3 cm³/mol. The third-order valence-corrected chi connectivity index (χ3v) is 4.92. The van der Waals surface area contributed by atoms with Crippen LogP contribution in [-0.2, 0) is 0 Å². The lowest BCUT2D eigenvalue weighted by Gasteiger charge is -2.16. The number of likely N-dealkylation sites (tertiary alicyclic amines) is 1. The molecule has 138 valence electrons. The first kappa shape index (κ1) is 17.2. The van der Waals surface area contributed by atoms with Crippen LogP contribution < -0.4 is 4.74 Å². The first-order valence-electron chi connectivity index (χ1n) is 8.83. The quantitative estimate of drug-likeness (QED) is 0.708. The monoisotopic (exact) mass is 364 g/mol. The van der Waals surface area contributed by atoms with Crippen LogP contribution in [0, 0.1) is 5.92 Å². The van der Waals surface area contributed by atoms with Gasteiger partial charge in [-0.25, -0.2) is 0 Å². The molecule has 1 amide bonds. The van der Waals surface area contributed by atoms with Gasteiger partial charge in [0, 0.05) is 36.6 Å². The van der Waals surface area contributed by atoms with Gasteiger partial charge in [0.25, 0.3) is 5.91 Å². The molecule has 0 spiro atoms. The van der Waals surface area contributed by atoms with Crippen molar-refractivity contribution in [2.45, 2.75) is 12.8 Å². The molecule has 0 unspecified atom stereocenters. The highest BCUT2D eigenvalue weighted by atomic mass is 16.5. The average molecular weight is 364 g/mol. The molecule has 2 aromatic heterocycles. The van der Waals surface area contributed by atoms with Crippen molar-refractivity contribution >= 4 is 5.91 Å². The van der Waals surface area contributed by atoms with Crippen LogP contribution in [0.25, 0.3) is 11.4 Å². The fourth-order valence-corrected chi connectivity index (χ4v) is 3.37. The highest BCUT2D eigenvalue weighted by molar-refractivity contribution is 5.94. The van der Waals surface area contributed by atoms with Crippen LogP contribution in [0.4, 0.5) is 0 Å². The molecular weight excluding hydrogens is 344 g/mol. The summed E-state index contributed by atoms with van der Waals surface area (Å²) in [7, 11) is 1.60. The van der Waals surface area contributed by atoms with Gasteiger partial charge in [0.1, 0.15) is 5.75 Å². The summed E-state index contributed by atoms with van der Waals surface area (Å²) in [6, 6.07) is 10.9. The SMILES string of the molecule is COc1ccc(C(=O)N2C[C@H](c3nc(-c4cccnc4)no3)[C@@H](C)C2)cc1. The van der Waals surface area contributed by atoms with Crippen LogP contribution in [0.3, 0.4) is 0 Å². The van der Waals surface area contributed by atoms with Gasteiger partial charge in [-0.2, -0.15) is 4.98 Å². The maximum absolute atomic E-state index is 12.8. The van der Waals surface area contributed by atoms with E-state index in [2.05, 4.69) is 22.0 Å². The zero-order chi connectivity index (χ0) is 18.8. The van der Waals surface area contributed by atoms with E-state index in [1.807, 2.05) is 17.0 Å². The minimum Gasteiger partial charge on any atom is -0.497 e. The van der Waals surface area contributed by atoms with Crippen molar-refractivity contribution < 1.29 is 14.1 Å². The van der Waals surface area contributed by atoms with E-state index in [0.717, 1.165) is 11.3 Å². The van der Waals surface area contributed by atoms with Gasteiger partial charge in [0.2, 0.25) is 11.7 Å². The molecule has 2 atom stereocenters. The van der Waals surface area contributed by atoms with Gasteiger partial charge in [-0.15, -0.1) is 0 Å². The summed E-state index contributed by atoms with van der Waals surface area (Å²) in [4.78, 5) is 23.3. The van der Waals surface area contributed by atoms with Crippen molar-refractivity contribution in [3.8, 4) is 17.1 Å². The maximum atomic E-state index is 12.8. The number of pyridine rings is 1. The zero-order valence-electron chi connectivity index (χ0n) is 15.2. The van der Waals surface area contributed by atoms with Crippen molar-refractivity contribution in [2.75, 3.05) is 20.2 Å². The summed E-state index contributed by atoms with van der Waals surface area (Å²) in [5, 5.41) is 4.07. The summed E-state index contributed by atoms with van der Waals surface area (Å²) in [5.41, 5.74) is 1.45. The molecule has 27 heavy (non-hydrogen) atoms. The Labute approximate surface area is 157 Å². The Hall–Kier alpha value is -3.22. The number of hydrogen-bond acceptors (Lipinski definition) is 6. The molecule has 7 nitrogen and oxygen atoms in total. The Morgan fingerprint density at radius 3 is 2.74 bits per heavy atom. The van der Waals surface area contributed by atoms with Crippen molar-refractivity contribution in [1.82, 2.24) is 20.0 Å². The first-order valence-corrected chi connectivity index (χ1v) is 8.83. The Morgan fingerprint density at radius 1 is 1.22 bits per heavy atom. The van der Waals surface area contributed by atoms with Crippen LogP contribution in [0.2, 0.25) is 0 Å². The minimum absolute atomic E-state index is 0.000925. The first-order chi connectivity index (χ1) is 13.2. The Bertz CT molecular complexity index is 924. The number of amides is 1. The second-order valence-corrected chi connectivity index (χ2v) is 6.72. The fraction of sp³-hybridized carbons (Fsp3) is 0.300. The van der Waals surface area contributed by atoms with Crippen LogP contribution in [0.15, 0.2) is 53.3 Å². The van der Waals surface area contributed by atoms with Gasteiger partial charge in [0.05, 0.1) is 13.0 Å². The third-order valence-electron chi connectivity index (χ3n) is 4.92. The standard InChI is InChI=1S/C20H20N4O3/c1-13-11-24(20(25)14-5-7-16(26-2)8-6-14)12-17(13)19-22-18(23-27-19)15-4-3-9-21-10-15/h3-10,13,17H,11-12H2,1-2H3/t13-,17-/m0/s1. The molecule has 1 aromatic carbocycles. The van der Waals surface area contributed by atoms with Crippen molar-refractivity contribution in [3.05, 3.63) is 60.2 Å². The summed E-state index contributed by atoms with van der Waals surface area (Å²) >= 11 is 0. The van der Waals surface area contributed by atoms with Crippen LogP contribution in [0.1, 0.15) is 29.1 Å². The molecule has 0 N–H and O–H groups in total. The van der Waals surface area contributed by atoms with Crippen LogP contribution >= 0.6 is 0 Å². The number of ether oxygens (including phenoxy) is 1. The molecule has 3 aromatic rings. The number of carbonyl (C=O) groups excluding carboxylic acids is 1. The average Bonchev–Trinajstić information content (AvgIpc) is 3.35. The number of carbonyl (C=O) groups is 1. The molecule has 3 heterocycles. The molecule has 0 saturated carbocycles. The highest BCUT2D eigenvalue weighted by Gasteiger charge is 2.37. The Kier molecular flexibility index (Phi) is 4.58. The van der Waals surface area contributed by atoms with E-state index in [-0.39, 0.29) is 17.7 Å². The molecule has 0 bridgehead atoms. The summed E-state index contributed by atoms with van der Waals surface area (Å²) in [6.07, 6.45) is 3.40. The molecule has 1 aliphatic rings. The van der Waals surface area contributed by atoms with Crippen molar-refractivity contribution in [1.29, 1.82) is 0 Å². The van der Waals surface area contributed by atoms with E-state index in [0.29, 0.717) is 30.4 Å². The minimum atomic E-state index is -0.000925. The summed E-state index contributed by atoms with van der Waals surface area (Å²) in [6.45, 7) is 3.31. The predicted octanol–water partition coefficient (Wildman–Crippen LogP) is 3.02. The lowest BCUT2D eigenvalue weighted by atomic mass is 9.98. The van der Waals surface area contributed by atoms with E-state index in [1.165, 1.54) is 0 Å². The molecule has 0 radical (unpaired) electrons. The van der Waals surface area contributed by atoms with Gasteiger partial charge in [0.15, 0.2) is 0 Å². The number of benzene rings is 1. The van der Waals surface area contributed by atoms with E-state index >= 15 is 0 Å². The molecule has 7 heteroatoms. The second-order valence-electron chi connectivity index (χ2n) is 6.72. The zero-order valence-corrected chi connectivity index (χ0v) is 15.2. The van der Waals surface area contributed by atoms with Gasteiger partial charge in [-0.1, -0.05) is 12.1 Å². The van der Waals surface area contributed by atoms with Gasteiger partial charge >= 0.3 is 0 Å². The van der Waals surface area contributed by atoms with E-state index in [1.54, 1.807) is 43.8 Å². The van der Waals surface area contributed by atoms with Crippen LogP contribution in [0.5, 0.6) is 5.75 Å². The number of nitrogens with zero attached hydrogens (tertiary/aromatic N) is 4. The molecule has 0 aliphatic carbocycles. The maximum Gasteiger partial charge on any atom is 0.253 e. The topological polar surface area (TPSA) is 81.4 Å². The Morgan fingerprint density at radius 2 is 2.04 bits per heavy atom. The Balaban J connectivity index is 1.49. The van der Waals surface area contributed by atoms with E-state index < -0.39 is 0 Å². The molecule has 1 fully saturated rings. The lowest BCUT2D eigenvalue weighted by molar-refractivity contribution is 0.0786. The van der Waals surface area contributed by atoms with E-state index in [4.69, 9.17) is 9.26 Å². The van der Waals surface area contributed by atoms with Crippen molar-refractivity contribution in [3.63, 3.8) is 0 Å². The highest BCUT2D eigenvalue weighted by Crippen LogP contribution is 2.33. The normalized spacial score (nSPS) is 19.3. The van der Waals surface area contributed by atoms with Crippen molar-refractivity contribution in [2.24, 2.45) is 5.92 Å². The number of aromatic nitrogens is 3. The molecule has 4 rings (SSSR count). The summed E-state index contributed by atoms with van der Waals surface area (Å²) < 4.78 is 10.6. The molecule has 1 saturated heterocycles. The fourth-order valence-electron chi connectivity index (χ4n) is 3.37. The second kappa shape index (κ2) is 7.19. The number of hydrogen-bond donors (Lipinski definition) is 0. The van der Waals surface area contributed by atoms with Gasteiger partial charge in [-0.3, -0.25) is 9.78 Å². The largest absolute Gasteiger partial charge is 0.497 e. The smallest absolute Gasteiger partial charge is 0.253 e. The van der Waals surface area contributed by atoms with E-state index in [9.17, 15) is 4.79 Å². The molecule has 1 aliphatic heterocycles. The lowest BCUT2D eigenvalue weighted by Crippen LogP contribution is -2.28.